The summed E-state index contributed by atoms with van der Waals surface area (Å²) in [5, 5.41) is 7.68. The minimum absolute atomic E-state index is 0.0299. The lowest BCUT2D eigenvalue weighted by molar-refractivity contribution is -0.116. The fraction of sp³-hybridized carbons (Fsp3) is 0.269. The van der Waals surface area contributed by atoms with Crippen LogP contribution in [0.25, 0.3) is 10.8 Å². The van der Waals surface area contributed by atoms with Crippen molar-refractivity contribution >= 4 is 39.9 Å². The first-order valence-corrected chi connectivity index (χ1v) is 11.1. The average Bonchev–Trinajstić information content (AvgIpc) is 3.10. The molecule has 4 rings (SSSR count). The highest BCUT2D eigenvalue weighted by Gasteiger charge is 2.29. The zero-order valence-corrected chi connectivity index (χ0v) is 18.6. The molecule has 0 saturated heterocycles. The number of carbonyl (C=O) groups is 3. The van der Waals surface area contributed by atoms with Crippen molar-refractivity contribution in [3.63, 3.8) is 0 Å². The number of benzene rings is 3. The van der Waals surface area contributed by atoms with Gasteiger partial charge in [-0.2, -0.15) is 0 Å². The molecule has 1 aliphatic heterocycles. The van der Waals surface area contributed by atoms with Crippen LogP contribution in [0, 0.1) is 0 Å². The Bertz CT molecular complexity index is 1190. The summed E-state index contributed by atoms with van der Waals surface area (Å²) in [7, 11) is 1.62. The number of ether oxygens (including phenoxy) is 1. The van der Waals surface area contributed by atoms with Gasteiger partial charge in [0.2, 0.25) is 5.91 Å². The number of methoxy groups -OCH3 is 1. The van der Waals surface area contributed by atoms with Crippen molar-refractivity contribution in [3.05, 3.63) is 71.8 Å². The van der Waals surface area contributed by atoms with E-state index in [2.05, 4.69) is 10.6 Å². The molecule has 0 unspecified atom stereocenters. The molecule has 0 saturated carbocycles. The maximum atomic E-state index is 12.9. The minimum atomic E-state index is -0.240. The molecular weight excluding hydrogens is 418 g/mol. The molecule has 170 valence electrons. The van der Waals surface area contributed by atoms with Crippen LogP contribution < -0.4 is 15.5 Å². The molecule has 33 heavy (non-hydrogen) atoms. The third-order valence-electron chi connectivity index (χ3n) is 5.69. The molecular formula is C26H27N3O4. The monoisotopic (exact) mass is 445 g/mol. The Kier molecular flexibility index (Phi) is 7.00. The highest BCUT2D eigenvalue weighted by molar-refractivity contribution is 6.25. The number of rotatable bonds is 10. The van der Waals surface area contributed by atoms with Crippen LogP contribution in [0.1, 0.15) is 40.0 Å². The Hall–Kier alpha value is -3.71. The number of amides is 3. The number of carbonyl (C=O) groups excluding carboxylic acids is 3. The molecule has 0 spiro atoms. The first kappa shape index (κ1) is 22.5. The van der Waals surface area contributed by atoms with E-state index in [0.717, 1.165) is 16.5 Å². The van der Waals surface area contributed by atoms with Gasteiger partial charge in [0.05, 0.1) is 16.9 Å². The van der Waals surface area contributed by atoms with Crippen LogP contribution in [-0.2, 0) is 9.53 Å². The first-order valence-electron chi connectivity index (χ1n) is 11.1. The van der Waals surface area contributed by atoms with Gasteiger partial charge >= 0.3 is 0 Å². The van der Waals surface area contributed by atoms with E-state index in [0.29, 0.717) is 49.4 Å². The van der Waals surface area contributed by atoms with Crippen LogP contribution in [-0.4, -0.2) is 44.5 Å². The van der Waals surface area contributed by atoms with E-state index in [1.807, 2.05) is 36.4 Å². The van der Waals surface area contributed by atoms with Crippen molar-refractivity contribution < 1.29 is 19.1 Å². The number of anilines is 2. The molecule has 0 radical (unpaired) electrons. The van der Waals surface area contributed by atoms with Gasteiger partial charge in [0.15, 0.2) is 0 Å². The normalized spacial score (nSPS) is 12.3. The van der Waals surface area contributed by atoms with Crippen molar-refractivity contribution in [1.82, 2.24) is 5.32 Å². The third-order valence-corrected chi connectivity index (χ3v) is 5.69. The number of para-hydroxylation sites is 1. The van der Waals surface area contributed by atoms with E-state index < -0.39 is 0 Å². The molecule has 0 fully saturated rings. The van der Waals surface area contributed by atoms with E-state index >= 15 is 0 Å². The van der Waals surface area contributed by atoms with Crippen LogP contribution >= 0.6 is 0 Å². The summed E-state index contributed by atoms with van der Waals surface area (Å²) in [6.45, 7) is 1.51. The lowest BCUT2D eigenvalue weighted by Gasteiger charge is -2.17. The highest BCUT2D eigenvalue weighted by atomic mass is 16.5. The SMILES string of the molecule is COCCCNC(=O)c1ccccc1NC(=O)CCCN1C(=O)c2cccc3cccc1c23. The molecule has 0 aromatic heterocycles. The van der Waals surface area contributed by atoms with Gasteiger partial charge in [0, 0.05) is 44.2 Å². The van der Waals surface area contributed by atoms with Gasteiger partial charge in [0.25, 0.3) is 11.8 Å². The van der Waals surface area contributed by atoms with Crippen molar-refractivity contribution in [1.29, 1.82) is 0 Å². The molecule has 1 heterocycles. The summed E-state index contributed by atoms with van der Waals surface area (Å²) in [4.78, 5) is 39.7. The van der Waals surface area contributed by atoms with Gasteiger partial charge < -0.3 is 20.3 Å². The molecule has 7 nitrogen and oxygen atoms in total. The molecule has 0 bridgehead atoms. The third kappa shape index (κ3) is 4.88. The topological polar surface area (TPSA) is 87.7 Å². The maximum absolute atomic E-state index is 12.9. The highest BCUT2D eigenvalue weighted by Crippen LogP contribution is 2.37. The summed E-state index contributed by atoms with van der Waals surface area (Å²) in [5.41, 5.74) is 2.49. The second-order valence-electron chi connectivity index (χ2n) is 7.94. The molecule has 1 aliphatic rings. The van der Waals surface area contributed by atoms with Crippen LogP contribution in [0.3, 0.4) is 0 Å². The molecule has 3 amide bonds. The van der Waals surface area contributed by atoms with Crippen molar-refractivity contribution in [2.75, 3.05) is 37.0 Å². The van der Waals surface area contributed by atoms with Gasteiger partial charge in [-0.25, -0.2) is 0 Å². The summed E-state index contributed by atoms with van der Waals surface area (Å²) in [6, 6.07) is 18.5. The zero-order valence-electron chi connectivity index (χ0n) is 18.6. The Balaban J connectivity index is 1.34. The van der Waals surface area contributed by atoms with E-state index in [9.17, 15) is 14.4 Å². The van der Waals surface area contributed by atoms with Crippen LogP contribution in [0.15, 0.2) is 60.7 Å². The van der Waals surface area contributed by atoms with Crippen molar-refractivity contribution in [2.45, 2.75) is 19.3 Å². The zero-order chi connectivity index (χ0) is 23.2. The predicted molar refractivity (Wildman–Crippen MR) is 129 cm³/mol. The lowest BCUT2D eigenvalue weighted by atomic mass is 10.1. The molecule has 7 heteroatoms. The van der Waals surface area contributed by atoms with Crippen LogP contribution in [0.4, 0.5) is 11.4 Å². The Morgan fingerprint density at radius 3 is 2.58 bits per heavy atom. The number of hydrogen-bond acceptors (Lipinski definition) is 4. The Morgan fingerprint density at radius 2 is 1.76 bits per heavy atom. The van der Waals surface area contributed by atoms with Crippen LogP contribution in [0.2, 0.25) is 0 Å². The maximum Gasteiger partial charge on any atom is 0.258 e. The molecule has 2 N–H and O–H groups in total. The quantitative estimate of drug-likeness (QED) is 0.462. The van der Waals surface area contributed by atoms with Gasteiger partial charge in [-0.3, -0.25) is 14.4 Å². The fourth-order valence-corrected chi connectivity index (χ4v) is 4.12. The largest absolute Gasteiger partial charge is 0.385 e. The number of nitrogens with one attached hydrogen (secondary N) is 2. The smallest absolute Gasteiger partial charge is 0.258 e. The summed E-state index contributed by atoms with van der Waals surface area (Å²) < 4.78 is 4.99. The van der Waals surface area contributed by atoms with Crippen molar-refractivity contribution in [2.24, 2.45) is 0 Å². The van der Waals surface area contributed by atoms with Crippen molar-refractivity contribution in [3.8, 4) is 0 Å². The van der Waals surface area contributed by atoms with Gasteiger partial charge in [0.1, 0.15) is 0 Å². The second-order valence-corrected chi connectivity index (χ2v) is 7.94. The van der Waals surface area contributed by atoms with Crippen LogP contribution in [0.5, 0.6) is 0 Å². The Labute approximate surface area is 192 Å². The summed E-state index contributed by atoms with van der Waals surface area (Å²) in [5.74, 6) is -0.467. The molecule has 3 aromatic carbocycles. The van der Waals surface area contributed by atoms with Gasteiger partial charge in [-0.1, -0.05) is 36.4 Å². The predicted octanol–water partition coefficient (Wildman–Crippen LogP) is 3.99. The van der Waals surface area contributed by atoms with Gasteiger partial charge in [-0.15, -0.1) is 0 Å². The lowest BCUT2D eigenvalue weighted by Crippen LogP contribution is -2.29. The first-order chi connectivity index (χ1) is 16.1. The van der Waals surface area contributed by atoms with Gasteiger partial charge in [-0.05, 0) is 42.5 Å². The Morgan fingerprint density at radius 1 is 0.970 bits per heavy atom. The molecule has 0 aliphatic carbocycles. The second kappa shape index (κ2) is 10.3. The number of nitrogens with zero attached hydrogens (tertiary/aromatic N) is 1. The molecule has 0 atom stereocenters. The van der Waals surface area contributed by atoms with E-state index in [1.54, 1.807) is 36.3 Å². The van der Waals surface area contributed by atoms with E-state index in [-0.39, 0.29) is 24.1 Å². The minimum Gasteiger partial charge on any atom is -0.385 e. The number of hydrogen-bond donors (Lipinski definition) is 2. The average molecular weight is 446 g/mol. The summed E-state index contributed by atoms with van der Waals surface area (Å²) >= 11 is 0. The summed E-state index contributed by atoms with van der Waals surface area (Å²) in [6.07, 6.45) is 1.46. The standard InChI is InChI=1S/C26H27N3O4/c1-33-17-7-15-27-25(31)19-10-2-3-12-21(19)28-23(30)14-6-16-29-22-13-5-9-18-8-4-11-20(24(18)22)26(29)32/h2-5,8-13H,6-7,14-17H2,1H3,(H,27,31)(H,28,30). The van der Waals surface area contributed by atoms with E-state index in [4.69, 9.17) is 4.74 Å². The van der Waals surface area contributed by atoms with E-state index in [1.165, 1.54) is 0 Å². The molecule has 3 aromatic rings. The fourth-order valence-electron chi connectivity index (χ4n) is 4.12.